The Morgan fingerprint density at radius 1 is 1.06 bits per heavy atom. The van der Waals surface area contributed by atoms with Crippen LogP contribution in [0.4, 0.5) is 0 Å². The SMILES string of the molecule is CC1CC(=O)C(C(=O)c2ccccc2)C(=O)C1. The van der Waals surface area contributed by atoms with Gasteiger partial charge in [0.25, 0.3) is 0 Å². The van der Waals surface area contributed by atoms with Crippen molar-refractivity contribution in [3.05, 3.63) is 35.9 Å². The fourth-order valence-electron chi connectivity index (χ4n) is 2.24. The van der Waals surface area contributed by atoms with E-state index in [0.717, 1.165) is 0 Å². The lowest BCUT2D eigenvalue weighted by Crippen LogP contribution is -2.38. The lowest BCUT2D eigenvalue weighted by molar-refractivity contribution is -0.134. The summed E-state index contributed by atoms with van der Waals surface area (Å²) in [6.07, 6.45) is 0.657. The number of ketones is 3. The minimum Gasteiger partial charge on any atom is -0.298 e. The predicted octanol–water partition coefficient (Wildman–Crippen LogP) is 2.05. The largest absolute Gasteiger partial charge is 0.298 e. The normalized spacial score (nSPS) is 24.8. The van der Waals surface area contributed by atoms with Crippen molar-refractivity contribution in [2.75, 3.05) is 0 Å². The highest BCUT2D eigenvalue weighted by molar-refractivity contribution is 6.25. The van der Waals surface area contributed by atoms with Crippen LogP contribution in [-0.2, 0) is 9.59 Å². The van der Waals surface area contributed by atoms with Crippen LogP contribution in [0.2, 0.25) is 0 Å². The molecule has 0 heterocycles. The molecule has 0 aromatic heterocycles. The number of hydrogen-bond donors (Lipinski definition) is 0. The Kier molecular flexibility index (Phi) is 3.18. The highest BCUT2D eigenvalue weighted by Gasteiger charge is 2.38. The minimum atomic E-state index is -1.06. The van der Waals surface area contributed by atoms with Gasteiger partial charge in [0, 0.05) is 18.4 Å². The first-order valence-corrected chi connectivity index (χ1v) is 5.74. The molecule has 0 N–H and O–H groups in total. The van der Waals surface area contributed by atoms with Crippen molar-refractivity contribution in [2.24, 2.45) is 11.8 Å². The van der Waals surface area contributed by atoms with Gasteiger partial charge in [0.1, 0.15) is 5.92 Å². The second-order valence-electron chi connectivity index (χ2n) is 4.61. The van der Waals surface area contributed by atoms with Crippen LogP contribution in [0, 0.1) is 11.8 Å². The number of Topliss-reactive ketones (excluding diaryl/α,β-unsaturated/α-hetero) is 3. The molecule has 0 amide bonds. The molecule has 3 nitrogen and oxygen atoms in total. The van der Waals surface area contributed by atoms with Crippen LogP contribution in [0.3, 0.4) is 0 Å². The van der Waals surface area contributed by atoms with Crippen LogP contribution in [0.1, 0.15) is 30.1 Å². The van der Waals surface area contributed by atoms with Crippen LogP contribution < -0.4 is 0 Å². The molecule has 1 aliphatic rings. The Hall–Kier alpha value is -1.77. The summed E-state index contributed by atoms with van der Waals surface area (Å²) in [5.41, 5.74) is 0.439. The fraction of sp³-hybridized carbons (Fsp3) is 0.357. The molecule has 1 aromatic carbocycles. The monoisotopic (exact) mass is 230 g/mol. The van der Waals surface area contributed by atoms with Gasteiger partial charge in [0.2, 0.25) is 0 Å². The maximum Gasteiger partial charge on any atom is 0.180 e. The Labute approximate surface area is 99.8 Å². The maximum absolute atomic E-state index is 12.1. The van der Waals surface area contributed by atoms with E-state index in [9.17, 15) is 14.4 Å². The molecule has 0 radical (unpaired) electrons. The predicted molar refractivity (Wildman–Crippen MR) is 62.7 cm³/mol. The van der Waals surface area contributed by atoms with E-state index in [1.165, 1.54) is 0 Å². The van der Waals surface area contributed by atoms with E-state index in [0.29, 0.717) is 18.4 Å². The molecule has 0 bridgehead atoms. The summed E-state index contributed by atoms with van der Waals surface area (Å²) in [5, 5.41) is 0. The highest BCUT2D eigenvalue weighted by Crippen LogP contribution is 2.25. The summed E-state index contributed by atoms with van der Waals surface area (Å²) in [7, 11) is 0. The molecule has 0 unspecified atom stereocenters. The van der Waals surface area contributed by atoms with Gasteiger partial charge in [-0.05, 0) is 5.92 Å². The van der Waals surface area contributed by atoms with Gasteiger partial charge in [-0.25, -0.2) is 0 Å². The summed E-state index contributed by atoms with van der Waals surface area (Å²) in [4.78, 5) is 35.7. The molecule has 0 spiro atoms. The third-order valence-corrected chi connectivity index (χ3v) is 3.06. The molecule has 0 atom stereocenters. The molecule has 0 saturated heterocycles. The van der Waals surface area contributed by atoms with E-state index in [4.69, 9.17) is 0 Å². The average Bonchev–Trinajstić information content (AvgIpc) is 2.28. The Bertz CT molecular complexity index is 444. The molecule has 17 heavy (non-hydrogen) atoms. The average molecular weight is 230 g/mol. The molecular formula is C14H14O3. The van der Waals surface area contributed by atoms with Crippen molar-refractivity contribution < 1.29 is 14.4 Å². The van der Waals surface area contributed by atoms with Crippen LogP contribution in [-0.4, -0.2) is 17.3 Å². The van der Waals surface area contributed by atoms with Crippen LogP contribution in [0.5, 0.6) is 0 Å². The zero-order valence-corrected chi connectivity index (χ0v) is 9.68. The van der Waals surface area contributed by atoms with Crippen molar-refractivity contribution in [2.45, 2.75) is 19.8 Å². The van der Waals surface area contributed by atoms with Crippen LogP contribution in [0.25, 0.3) is 0 Å². The number of benzene rings is 1. The first-order valence-electron chi connectivity index (χ1n) is 5.74. The smallest absolute Gasteiger partial charge is 0.180 e. The van der Waals surface area contributed by atoms with E-state index in [1.807, 2.05) is 6.92 Å². The second-order valence-corrected chi connectivity index (χ2v) is 4.61. The number of rotatable bonds is 2. The molecule has 2 rings (SSSR count). The van der Waals surface area contributed by atoms with E-state index >= 15 is 0 Å². The van der Waals surface area contributed by atoms with Gasteiger partial charge in [-0.15, -0.1) is 0 Å². The van der Waals surface area contributed by atoms with Crippen molar-refractivity contribution in [1.29, 1.82) is 0 Å². The zero-order chi connectivity index (χ0) is 12.4. The van der Waals surface area contributed by atoms with Crippen molar-refractivity contribution in [1.82, 2.24) is 0 Å². The highest BCUT2D eigenvalue weighted by atomic mass is 16.2. The Morgan fingerprint density at radius 2 is 1.59 bits per heavy atom. The first kappa shape index (κ1) is 11.7. The molecule has 0 aliphatic heterocycles. The van der Waals surface area contributed by atoms with E-state index in [1.54, 1.807) is 30.3 Å². The van der Waals surface area contributed by atoms with E-state index in [-0.39, 0.29) is 23.3 Å². The van der Waals surface area contributed by atoms with Crippen molar-refractivity contribution in [3.8, 4) is 0 Å². The van der Waals surface area contributed by atoms with Gasteiger partial charge in [-0.2, -0.15) is 0 Å². The third-order valence-electron chi connectivity index (χ3n) is 3.06. The topological polar surface area (TPSA) is 51.2 Å². The van der Waals surface area contributed by atoms with Crippen LogP contribution in [0.15, 0.2) is 30.3 Å². The summed E-state index contributed by atoms with van der Waals surface area (Å²) in [6.45, 7) is 1.86. The summed E-state index contributed by atoms with van der Waals surface area (Å²) in [6, 6.07) is 8.53. The maximum atomic E-state index is 12.1. The molecule has 1 fully saturated rings. The van der Waals surface area contributed by atoms with Gasteiger partial charge in [0.15, 0.2) is 17.3 Å². The fourth-order valence-corrected chi connectivity index (χ4v) is 2.24. The van der Waals surface area contributed by atoms with Gasteiger partial charge in [-0.1, -0.05) is 37.3 Å². The van der Waals surface area contributed by atoms with Crippen molar-refractivity contribution >= 4 is 17.3 Å². The number of hydrogen-bond acceptors (Lipinski definition) is 3. The lowest BCUT2D eigenvalue weighted by atomic mass is 9.77. The molecule has 1 aromatic rings. The number of carbonyl (C=O) groups is 3. The summed E-state index contributed by atoms with van der Waals surface area (Å²) in [5.74, 6) is -1.82. The molecule has 88 valence electrons. The summed E-state index contributed by atoms with van der Waals surface area (Å²) >= 11 is 0. The quantitative estimate of drug-likeness (QED) is 0.577. The lowest BCUT2D eigenvalue weighted by Gasteiger charge is -2.22. The van der Waals surface area contributed by atoms with Gasteiger partial charge in [0.05, 0.1) is 0 Å². The van der Waals surface area contributed by atoms with Gasteiger partial charge < -0.3 is 0 Å². The summed E-state index contributed by atoms with van der Waals surface area (Å²) < 4.78 is 0. The Balaban J connectivity index is 2.25. The van der Waals surface area contributed by atoms with Gasteiger partial charge >= 0.3 is 0 Å². The standard InChI is InChI=1S/C14H14O3/c1-9-7-11(15)13(12(16)8-9)14(17)10-5-3-2-4-6-10/h2-6,9,13H,7-8H2,1H3. The van der Waals surface area contributed by atoms with E-state index < -0.39 is 5.92 Å². The minimum absolute atomic E-state index is 0.0647. The van der Waals surface area contributed by atoms with E-state index in [2.05, 4.69) is 0 Å². The molecule has 1 saturated carbocycles. The van der Waals surface area contributed by atoms with Gasteiger partial charge in [-0.3, -0.25) is 14.4 Å². The molecular weight excluding hydrogens is 216 g/mol. The molecule has 1 aliphatic carbocycles. The van der Waals surface area contributed by atoms with Crippen molar-refractivity contribution in [3.63, 3.8) is 0 Å². The second kappa shape index (κ2) is 4.62. The molecule has 3 heteroatoms. The zero-order valence-electron chi connectivity index (χ0n) is 9.68. The third kappa shape index (κ3) is 2.33. The Morgan fingerprint density at radius 3 is 2.12 bits per heavy atom. The number of carbonyl (C=O) groups excluding carboxylic acids is 3. The first-order chi connectivity index (χ1) is 8.09. The van der Waals surface area contributed by atoms with Crippen LogP contribution >= 0.6 is 0 Å².